The topological polar surface area (TPSA) is 46.0 Å². The van der Waals surface area contributed by atoms with Gasteiger partial charge in [-0.2, -0.15) is 5.10 Å². The third-order valence-electron chi connectivity index (χ3n) is 4.22. The Morgan fingerprint density at radius 3 is 2.90 bits per heavy atom. The van der Waals surface area contributed by atoms with Crippen LogP contribution in [0, 0.1) is 11.8 Å². The molecule has 2 heterocycles. The van der Waals surface area contributed by atoms with E-state index in [4.69, 9.17) is 0 Å². The number of rotatable bonds is 6. The van der Waals surface area contributed by atoms with Crippen molar-refractivity contribution >= 4 is 0 Å². The standard InChI is InChI=1S/C15H29N5/c1-5-13(4)14-9-19(7-6-16-14)10-15-17-11-18-20(15)8-12(2)3/h11-14,16H,5-10H2,1-4H3. The van der Waals surface area contributed by atoms with E-state index in [0.29, 0.717) is 12.0 Å². The van der Waals surface area contributed by atoms with Gasteiger partial charge in [-0.15, -0.1) is 0 Å². The van der Waals surface area contributed by atoms with Gasteiger partial charge in [-0.1, -0.05) is 34.1 Å². The molecule has 5 nitrogen and oxygen atoms in total. The molecule has 0 amide bonds. The van der Waals surface area contributed by atoms with Crippen molar-refractivity contribution in [2.45, 2.75) is 53.2 Å². The van der Waals surface area contributed by atoms with Gasteiger partial charge in [0.1, 0.15) is 12.2 Å². The minimum Gasteiger partial charge on any atom is -0.311 e. The molecule has 5 heteroatoms. The van der Waals surface area contributed by atoms with Gasteiger partial charge in [-0.05, 0) is 11.8 Å². The predicted molar refractivity (Wildman–Crippen MR) is 81.4 cm³/mol. The van der Waals surface area contributed by atoms with Crippen LogP contribution in [-0.2, 0) is 13.1 Å². The predicted octanol–water partition coefficient (Wildman–Crippen LogP) is 1.75. The lowest BCUT2D eigenvalue weighted by Gasteiger charge is -2.36. The molecule has 2 unspecified atom stereocenters. The first kappa shape index (κ1) is 15.4. The minimum atomic E-state index is 0.603. The fraction of sp³-hybridized carbons (Fsp3) is 0.867. The maximum Gasteiger partial charge on any atom is 0.141 e. The lowest BCUT2D eigenvalue weighted by Crippen LogP contribution is -2.53. The van der Waals surface area contributed by atoms with Crippen LogP contribution in [0.3, 0.4) is 0 Å². The van der Waals surface area contributed by atoms with Crippen LogP contribution >= 0.6 is 0 Å². The molecule has 20 heavy (non-hydrogen) atoms. The van der Waals surface area contributed by atoms with Gasteiger partial charge < -0.3 is 5.32 Å². The van der Waals surface area contributed by atoms with Crippen molar-refractivity contribution in [2.75, 3.05) is 19.6 Å². The largest absolute Gasteiger partial charge is 0.311 e. The van der Waals surface area contributed by atoms with Crippen molar-refractivity contribution in [1.82, 2.24) is 25.0 Å². The smallest absolute Gasteiger partial charge is 0.141 e. The van der Waals surface area contributed by atoms with Crippen LogP contribution in [0.1, 0.15) is 39.9 Å². The van der Waals surface area contributed by atoms with Gasteiger partial charge in [0, 0.05) is 32.2 Å². The first-order chi connectivity index (χ1) is 9.60. The van der Waals surface area contributed by atoms with Crippen LogP contribution in [0.25, 0.3) is 0 Å². The van der Waals surface area contributed by atoms with Crippen molar-refractivity contribution in [3.63, 3.8) is 0 Å². The molecule has 0 saturated carbocycles. The third-order valence-corrected chi connectivity index (χ3v) is 4.22. The zero-order chi connectivity index (χ0) is 14.5. The highest BCUT2D eigenvalue weighted by atomic mass is 15.4. The van der Waals surface area contributed by atoms with Crippen LogP contribution in [0.15, 0.2) is 6.33 Å². The van der Waals surface area contributed by atoms with Crippen molar-refractivity contribution in [3.05, 3.63) is 12.2 Å². The summed E-state index contributed by atoms with van der Waals surface area (Å²) in [6.07, 6.45) is 2.92. The lowest BCUT2D eigenvalue weighted by atomic mass is 9.97. The summed E-state index contributed by atoms with van der Waals surface area (Å²) < 4.78 is 2.06. The molecule has 1 aliphatic rings. The van der Waals surface area contributed by atoms with E-state index >= 15 is 0 Å². The van der Waals surface area contributed by atoms with E-state index in [1.54, 1.807) is 6.33 Å². The monoisotopic (exact) mass is 279 g/mol. The molecule has 0 aliphatic carbocycles. The van der Waals surface area contributed by atoms with Gasteiger partial charge in [0.25, 0.3) is 0 Å². The average molecular weight is 279 g/mol. The molecular formula is C15H29N5. The zero-order valence-electron chi connectivity index (χ0n) is 13.3. The number of nitrogens with one attached hydrogen (secondary N) is 1. The highest BCUT2D eigenvalue weighted by Gasteiger charge is 2.24. The number of nitrogens with zero attached hydrogens (tertiary/aromatic N) is 4. The highest BCUT2D eigenvalue weighted by Crippen LogP contribution is 2.14. The summed E-state index contributed by atoms with van der Waals surface area (Å²) >= 11 is 0. The lowest BCUT2D eigenvalue weighted by molar-refractivity contribution is 0.156. The fourth-order valence-corrected chi connectivity index (χ4v) is 2.76. The van der Waals surface area contributed by atoms with Crippen molar-refractivity contribution in [3.8, 4) is 0 Å². The molecule has 1 aromatic heterocycles. The first-order valence-corrected chi connectivity index (χ1v) is 7.92. The normalized spacial score (nSPS) is 22.4. The van der Waals surface area contributed by atoms with E-state index in [-0.39, 0.29) is 0 Å². The Balaban J connectivity index is 1.94. The highest BCUT2D eigenvalue weighted by molar-refractivity contribution is 4.89. The van der Waals surface area contributed by atoms with Crippen LogP contribution < -0.4 is 5.32 Å². The van der Waals surface area contributed by atoms with Gasteiger partial charge in [0.05, 0.1) is 6.54 Å². The molecule has 0 spiro atoms. The summed E-state index contributed by atoms with van der Waals surface area (Å²) in [4.78, 5) is 6.95. The summed E-state index contributed by atoms with van der Waals surface area (Å²) in [5.74, 6) is 2.43. The Hall–Kier alpha value is -0.940. The number of aromatic nitrogens is 3. The molecule has 1 saturated heterocycles. The zero-order valence-corrected chi connectivity index (χ0v) is 13.3. The van der Waals surface area contributed by atoms with E-state index in [0.717, 1.165) is 44.5 Å². The summed E-state index contributed by atoms with van der Waals surface area (Å²) in [5.41, 5.74) is 0. The van der Waals surface area contributed by atoms with E-state index in [1.165, 1.54) is 6.42 Å². The Labute approximate surface area is 122 Å². The van der Waals surface area contributed by atoms with Gasteiger partial charge in [-0.25, -0.2) is 9.67 Å². The fourth-order valence-electron chi connectivity index (χ4n) is 2.76. The second-order valence-electron chi connectivity index (χ2n) is 6.43. The van der Waals surface area contributed by atoms with Gasteiger partial charge >= 0.3 is 0 Å². The van der Waals surface area contributed by atoms with Crippen molar-refractivity contribution in [1.29, 1.82) is 0 Å². The summed E-state index contributed by atoms with van der Waals surface area (Å²) in [6.45, 7) is 14.2. The quantitative estimate of drug-likeness (QED) is 0.862. The van der Waals surface area contributed by atoms with Crippen molar-refractivity contribution < 1.29 is 0 Å². The third kappa shape index (κ3) is 4.03. The summed E-state index contributed by atoms with van der Waals surface area (Å²) in [7, 11) is 0. The molecule has 114 valence electrons. The summed E-state index contributed by atoms with van der Waals surface area (Å²) in [6, 6.07) is 0.607. The van der Waals surface area contributed by atoms with Crippen LogP contribution in [0.5, 0.6) is 0 Å². The Kier molecular flexibility index (Phi) is 5.54. The van der Waals surface area contributed by atoms with Gasteiger partial charge in [-0.3, -0.25) is 4.90 Å². The van der Waals surface area contributed by atoms with E-state index in [9.17, 15) is 0 Å². The molecule has 1 N–H and O–H groups in total. The van der Waals surface area contributed by atoms with Gasteiger partial charge in [0.15, 0.2) is 0 Å². The van der Waals surface area contributed by atoms with Crippen LogP contribution in [-0.4, -0.2) is 45.3 Å². The minimum absolute atomic E-state index is 0.603. The number of hydrogen-bond acceptors (Lipinski definition) is 4. The molecule has 1 fully saturated rings. The maximum absolute atomic E-state index is 4.44. The Morgan fingerprint density at radius 2 is 2.20 bits per heavy atom. The van der Waals surface area contributed by atoms with E-state index in [1.807, 2.05) is 0 Å². The SMILES string of the molecule is CCC(C)C1CN(Cc2ncnn2CC(C)C)CCN1. The molecule has 2 rings (SSSR count). The molecule has 2 atom stereocenters. The Morgan fingerprint density at radius 1 is 1.40 bits per heavy atom. The molecule has 1 aromatic rings. The van der Waals surface area contributed by atoms with Gasteiger partial charge in [0.2, 0.25) is 0 Å². The maximum atomic E-state index is 4.44. The van der Waals surface area contributed by atoms with Crippen LogP contribution in [0.4, 0.5) is 0 Å². The Bertz CT molecular complexity index is 401. The van der Waals surface area contributed by atoms with E-state index in [2.05, 4.69) is 52.7 Å². The molecule has 1 aliphatic heterocycles. The molecule has 0 radical (unpaired) electrons. The van der Waals surface area contributed by atoms with Crippen molar-refractivity contribution in [2.24, 2.45) is 11.8 Å². The molecule has 0 aromatic carbocycles. The van der Waals surface area contributed by atoms with Crippen LogP contribution in [0.2, 0.25) is 0 Å². The number of hydrogen-bond donors (Lipinski definition) is 1. The average Bonchev–Trinajstić information content (AvgIpc) is 2.84. The second kappa shape index (κ2) is 7.18. The second-order valence-corrected chi connectivity index (χ2v) is 6.43. The van der Waals surface area contributed by atoms with E-state index < -0.39 is 0 Å². The number of piperazine rings is 1. The molecular weight excluding hydrogens is 250 g/mol. The first-order valence-electron chi connectivity index (χ1n) is 7.92. The molecule has 0 bridgehead atoms. The summed E-state index contributed by atoms with van der Waals surface area (Å²) in [5, 5.41) is 8.00.